The minimum absolute atomic E-state index is 0.132. The van der Waals surface area contributed by atoms with E-state index in [2.05, 4.69) is 21.0 Å². The van der Waals surface area contributed by atoms with Gasteiger partial charge in [-0.15, -0.1) is 11.5 Å². The molecular formula is C13H13N5O. The highest BCUT2D eigenvalue weighted by atomic mass is 16.2. The summed E-state index contributed by atoms with van der Waals surface area (Å²) in [4.78, 5) is 22.3. The van der Waals surface area contributed by atoms with Gasteiger partial charge in [-0.2, -0.15) is 4.98 Å². The molecule has 6 nitrogen and oxygen atoms in total. The summed E-state index contributed by atoms with van der Waals surface area (Å²) in [7, 11) is 0. The summed E-state index contributed by atoms with van der Waals surface area (Å²) in [5.74, 6) is 2.84. The van der Waals surface area contributed by atoms with Crippen LogP contribution in [0.3, 0.4) is 0 Å². The summed E-state index contributed by atoms with van der Waals surface area (Å²) in [6.45, 7) is 1.55. The van der Waals surface area contributed by atoms with Crippen molar-refractivity contribution in [3.05, 3.63) is 23.8 Å². The van der Waals surface area contributed by atoms with Crippen LogP contribution in [0.5, 0.6) is 0 Å². The summed E-state index contributed by atoms with van der Waals surface area (Å²) in [6, 6.07) is 1.66. The third-order valence-electron chi connectivity index (χ3n) is 3.19. The molecule has 0 aromatic carbocycles. The van der Waals surface area contributed by atoms with Crippen LogP contribution in [-0.4, -0.2) is 43.5 Å². The normalized spacial score (nSPS) is 15.4. The Labute approximate surface area is 110 Å². The molecule has 0 saturated carbocycles. The van der Waals surface area contributed by atoms with Crippen molar-refractivity contribution in [3.63, 3.8) is 0 Å². The monoisotopic (exact) mass is 255 g/mol. The highest BCUT2D eigenvalue weighted by molar-refractivity contribution is 5.90. The first-order valence-corrected chi connectivity index (χ1v) is 6.27. The smallest absolute Gasteiger partial charge is 0.293 e. The van der Waals surface area contributed by atoms with Crippen molar-refractivity contribution in [1.82, 2.24) is 24.5 Å². The lowest BCUT2D eigenvalue weighted by Crippen LogP contribution is -2.36. The van der Waals surface area contributed by atoms with E-state index in [1.807, 2.05) is 0 Å². The Bertz CT molecular complexity index is 663. The topological polar surface area (TPSA) is 63.4 Å². The van der Waals surface area contributed by atoms with E-state index >= 15 is 0 Å². The molecule has 3 rings (SSSR count). The Kier molecular flexibility index (Phi) is 2.88. The van der Waals surface area contributed by atoms with Crippen LogP contribution in [0.4, 0.5) is 0 Å². The second-order valence-corrected chi connectivity index (χ2v) is 4.49. The van der Waals surface area contributed by atoms with Gasteiger partial charge in [0.1, 0.15) is 5.69 Å². The van der Waals surface area contributed by atoms with Gasteiger partial charge in [-0.3, -0.25) is 4.79 Å². The van der Waals surface area contributed by atoms with Crippen LogP contribution in [0.1, 0.15) is 35.6 Å². The van der Waals surface area contributed by atoms with Crippen molar-refractivity contribution in [3.8, 4) is 12.3 Å². The zero-order valence-corrected chi connectivity index (χ0v) is 10.4. The first-order chi connectivity index (χ1) is 9.28. The molecule has 0 atom stereocenters. The largest absolute Gasteiger partial charge is 0.336 e. The molecule has 1 aliphatic heterocycles. The van der Waals surface area contributed by atoms with E-state index in [1.54, 1.807) is 17.2 Å². The van der Waals surface area contributed by atoms with E-state index in [0.29, 0.717) is 11.5 Å². The van der Waals surface area contributed by atoms with Crippen molar-refractivity contribution in [1.29, 1.82) is 0 Å². The van der Waals surface area contributed by atoms with Gasteiger partial charge in [0, 0.05) is 19.3 Å². The number of terminal acetylenes is 1. The molecule has 0 radical (unpaired) electrons. The van der Waals surface area contributed by atoms with Crippen LogP contribution in [0.15, 0.2) is 12.3 Å². The molecule has 2 aromatic rings. The number of hydrogen-bond donors (Lipinski definition) is 0. The van der Waals surface area contributed by atoms with E-state index in [9.17, 15) is 4.79 Å². The number of aromatic nitrogens is 4. The lowest BCUT2D eigenvalue weighted by atomic mass is 10.1. The fraction of sp³-hybridized carbons (Fsp3) is 0.385. The van der Waals surface area contributed by atoms with Crippen LogP contribution in [-0.2, 0) is 0 Å². The Morgan fingerprint density at radius 3 is 2.79 bits per heavy atom. The van der Waals surface area contributed by atoms with Gasteiger partial charge < -0.3 is 4.90 Å². The number of fused-ring (bicyclic) bond motifs is 1. The van der Waals surface area contributed by atoms with Crippen LogP contribution in [0, 0.1) is 12.3 Å². The summed E-state index contributed by atoms with van der Waals surface area (Å²) in [5.41, 5.74) is 0.483. The number of carbonyl (C=O) groups excluding carboxylic acids is 1. The molecule has 0 spiro atoms. The molecule has 0 bridgehead atoms. The highest BCUT2D eigenvalue weighted by Crippen LogP contribution is 2.11. The Hall–Kier alpha value is -2.42. The fourth-order valence-electron chi connectivity index (χ4n) is 2.19. The van der Waals surface area contributed by atoms with E-state index in [4.69, 9.17) is 6.42 Å². The predicted octanol–water partition coefficient (Wildman–Crippen LogP) is 0.732. The summed E-state index contributed by atoms with van der Waals surface area (Å²) < 4.78 is 1.47. The van der Waals surface area contributed by atoms with Gasteiger partial charge >= 0.3 is 0 Å². The average Bonchev–Trinajstić information content (AvgIpc) is 2.90. The van der Waals surface area contributed by atoms with E-state index in [0.717, 1.165) is 25.9 Å². The van der Waals surface area contributed by atoms with Crippen LogP contribution in [0.2, 0.25) is 0 Å². The molecule has 3 heterocycles. The van der Waals surface area contributed by atoms with Gasteiger partial charge in [-0.1, -0.05) is 5.92 Å². The number of rotatable bonds is 1. The lowest BCUT2D eigenvalue weighted by molar-refractivity contribution is 0.0712. The van der Waals surface area contributed by atoms with Crippen LogP contribution in [0.25, 0.3) is 5.78 Å². The zero-order chi connectivity index (χ0) is 13.2. The Morgan fingerprint density at radius 1 is 1.26 bits per heavy atom. The second kappa shape index (κ2) is 4.69. The summed E-state index contributed by atoms with van der Waals surface area (Å²) in [5, 5.41) is 4.15. The maximum Gasteiger partial charge on any atom is 0.293 e. The van der Waals surface area contributed by atoms with Gasteiger partial charge in [0.2, 0.25) is 5.82 Å². The van der Waals surface area contributed by atoms with Gasteiger partial charge in [0.15, 0.2) is 0 Å². The fourth-order valence-corrected chi connectivity index (χ4v) is 2.19. The third-order valence-corrected chi connectivity index (χ3v) is 3.19. The maximum absolute atomic E-state index is 12.2. The number of hydrogen-bond acceptors (Lipinski definition) is 4. The van der Waals surface area contributed by atoms with Crippen LogP contribution >= 0.6 is 0 Å². The number of likely N-dealkylation sites (tertiary alicyclic amines) is 1. The molecule has 2 aromatic heterocycles. The molecule has 6 heteroatoms. The molecule has 0 unspecified atom stereocenters. The molecule has 0 N–H and O–H groups in total. The Morgan fingerprint density at radius 2 is 2.05 bits per heavy atom. The predicted molar refractivity (Wildman–Crippen MR) is 68.5 cm³/mol. The highest BCUT2D eigenvalue weighted by Gasteiger charge is 2.22. The van der Waals surface area contributed by atoms with Gasteiger partial charge in [0.05, 0.1) is 0 Å². The molecule has 1 aliphatic rings. The average molecular weight is 255 g/mol. The van der Waals surface area contributed by atoms with Crippen LogP contribution < -0.4 is 0 Å². The molecule has 1 amide bonds. The first kappa shape index (κ1) is 11.7. The van der Waals surface area contributed by atoms with Crippen molar-refractivity contribution in [2.45, 2.75) is 19.3 Å². The number of nitrogens with zero attached hydrogens (tertiary/aromatic N) is 5. The summed E-state index contributed by atoms with van der Waals surface area (Å²) in [6.07, 6.45) is 10.2. The van der Waals surface area contributed by atoms with Gasteiger partial charge in [0.25, 0.3) is 11.7 Å². The molecule has 96 valence electrons. The third kappa shape index (κ3) is 2.15. The minimum atomic E-state index is -0.132. The van der Waals surface area contributed by atoms with E-state index in [1.165, 1.54) is 10.9 Å². The maximum atomic E-state index is 12.2. The number of piperidine rings is 1. The zero-order valence-electron chi connectivity index (χ0n) is 10.4. The standard InChI is InChI=1S/C13H13N5O/c1-2-10-6-9-18-13(14-10)15-11(16-18)12(19)17-7-4-3-5-8-17/h1,6,9H,3-5,7-8H2. The first-order valence-electron chi connectivity index (χ1n) is 6.27. The second-order valence-electron chi connectivity index (χ2n) is 4.49. The number of amides is 1. The molecule has 1 saturated heterocycles. The Balaban J connectivity index is 1.92. The van der Waals surface area contributed by atoms with Gasteiger partial charge in [-0.05, 0) is 25.3 Å². The van der Waals surface area contributed by atoms with Gasteiger partial charge in [-0.25, -0.2) is 9.50 Å². The number of carbonyl (C=O) groups is 1. The minimum Gasteiger partial charge on any atom is -0.336 e. The van der Waals surface area contributed by atoms with Crippen molar-refractivity contribution < 1.29 is 4.79 Å². The SMILES string of the molecule is C#Cc1ccn2nc(C(=O)N3CCCCC3)nc2n1. The van der Waals surface area contributed by atoms with Crippen molar-refractivity contribution >= 4 is 11.7 Å². The summed E-state index contributed by atoms with van der Waals surface area (Å²) >= 11 is 0. The van der Waals surface area contributed by atoms with E-state index < -0.39 is 0 Å². The van der Waals surface area contributed by atoms with E-state index in [-0.39, 0.29) is 11.7 Å². The quantitative estimate of drug-likeness (QED) is 0.705. The molecular weight excluding hydrogens is 242 g/mol. The van der Waals surface area contributed by atoms with Crippen molar-refractivity contribution in [2.75, 3.05) is 13.1 Å². The van der Waals surface area contributed by atoms with Crippen molar-refractivity contribution in [2.24, 2.45) is 0 Å². The molecule has 0 aliphatic carbocycles. The molecule has 19 heavy (non-hydrogen) atoms. The lowest BCUT2D eigenvalue weighted by Gasteiger charge is -2.25. The molecule has 1 fully saturated rings.